The molecule has 1 heterocycles. The highest BCUT2D eigenvalue weighted by Crippen LogP contribution is 2.32. The number of oxazole rings is 1. The fraction of sp³-hybridized carbons (Fsp3) is 0.0455. The number of hydrogen-bond donors (Lipinski definition) is 1. The molecule has 1 N–H and O–H groups in total. The number of rotatable bonds is 7. The third-order valence-electron chi connectivity index (χ3n) is 4.10. The van der Waals surface area contributed by atoms with E-state index in [9.17, 15) is 8.42 Å². The molecule has 0 amide bonds. The van der Waals surface area contributed by atoms with Gasteiger partial charge < -0.3 is 4.42 Å². The van der Waals surface area contributed by atoms with Crippen molar-refractivity contribution in [1.82, 2.24) is 4.98 Å². The fourth-order valence-corrected chi connectivity index (χ4v) is 4.51. The summed E-state index contributed by atoms with van der Waals surface area (Å²) in [6.07, 6.45) is 0. The molecule has 29 heavy (non-hydrogen) atoms. The van der Waals surface area contributed by atoms with Crippen LogP contribution in [0.1, 0.15) is 5.89 Å². The van der Waals surface area contributed by atoms with E-state index >= 15 is 0 Å². The Morgan fingerprint density at radius 3 is 2.07 bits per heavy atom. The zero-order valence-corrected chi connectivity index (χ0v) is 17.0. The minimum atomic E-state index is -3.79. The number of anilines is 1. The maximum atomic E-state index is 12.8. The first-order valence-electron chi connectivity index (χ1n) is 8.93. The van der Waals surface area contributed by atoms with Gasteiger partial charge >= 0.3 is 0 Å². The van der Waals surface area contributed by atoms with E-state index in [4.69, 9.17) is 4.42 Å². The maximum Gasteiger partial charge on any atom is 0.264 e. The number of hydrogen-bond acceptors (Lipinski definition) is 5. The number of sulfonamides is 1. The normalized spacial score (nSPS) is 11.3. The van der Waals surface area contributed by atoms with Gasteiger partial charge in [0.1, 0.15) is 5.69 Å². The van der Waals surface area contributed by atoms with E-state index < -0.39 is 10.0 Å². The first-order valence-corrected chi connectivity index (χ1v) is 11.4. The molecule has 0 unspecified atom stereocenters. The van der Waals surface area contributed by atoms with E-state index in [0.717, 1.165) is 10.5 Å². The first kappa shape index (κ1) is 19.3. The van der Waals surface area contributed by atoms with Gasteiger partial charge in [0.25, 0.3) is 10.0 Å². The highest BCUT2D eigenvalue weighted by Gasteiger charge is 2.22. The average Bonchev–Trinajstić information content (AvgIpc) is 3.16. The van der Waals surface area contributed by atoms with Crippen LogP contribution in [0.5, 0.6) is 0 Å². The van der Waals surface area contributed by atoms with Crippen LogP contribution in [-0.4, -0.2) is 13.4 Å². The molecule has 0 bridgehead atoms. The molecular formula is C22H18N2O3S2. The molecule has 0 fully saturated rings. The Morgan fingerprint density at radius 2 is 1.41 bits per heavy atom. The third kappa shape index (κ3) is 4.70. The topological polar surface area (TPSA) is 72.2 Å². The molecule has 0 aliphatic carbocycles. The van der Waals surface area contributed by atoms with Crippen molar-refractivity contribution in [3.63, 3.8) is 0 Å². The lowest BCUT2D eigenvalue weighted by Gasteiger charge is -2.06. The Morgan fingerprint density at radius 1 is 0.828 bits per heavy atom. The van der Waals surface area contributed by atoms with Crippen LogP contribution in [0.15, 0.2) is 105 Å². The summed E-state index contributed by atoms with van der Waals surface area (Å²) in [5.74, 6) is 1.05. The Balaban J connectivity index is 1.65. The summed E-state index contributed by atoms with van der Waals surface area (Å²) in [5.41, 5.74) is 1.24. The Hall–Kier alpha value is -3.03. The quantitative estimate of drug-likeness (QED) is 0.402. The van der Waals surface area contributed by atoms with Crippen molar-refractivity contribution in [3.8, 4) is 11.3 Å². The van der Waals surface area contributed by atoms with Gasteiger partial charge in [-0.05, 0) is 24.3 Å². The molecule has 0 spiro atoms. The van der Waals surface area contributed by atoms with Gasteiger partial charge in [-0.3, -0.25) is 0 Å². The van der Waals surface area contributed by atoms with Crippen LogP contribution < -0.4 is 4.72 Å². The molecule has 0 radical (unpaired) electrons. The number of thioether (sulfide) groups is 1. The molecular weight excluding hydrogens is 404 g/mol. The first-order chi connectivity index (χ1) is 14.1. The van der Waals surface area contributed by atoms with Crippen molar-refractivity contribution >= 4 is 27.7 Å². The largest absolute Gasteiger partial charge is 0.423 e. The minimum absolute atomic E-state index is 0.115. The monoisotopic (exact) mass is 422 g/mol. The second kappa shape index (κ2) is 8.55. The number of aromatic nitrogens is 1. The molecule has 5 nitrogen and oxygen atoms in total. The van der Waals surface area contributed by atoms with Crippen molar-refractivity contribution in [2.75, 3.05) is 4.72 Å². The van der Waals surface area contributed by atoms with Crippen LogP contribution in [0.2, 0.25) is 0 Å². The summed E-state index contributed by atoms with van der Waals surface area (Å²) in [7, 11) is -3.79. The van der Waals surface area contributed by atoms with Crippen LogP contribution in [0.25, 0.3) is 11.3 Å². The van der Waals surface area contributed by atoms with E-state index in [1.807, 2.05) is 60.7 Å². The van der Waals surface area contributed by atoms with Gasteiger partial charge in [-0.15, -0.1) is 11.8 Å². The molecule has 146 valence electrons. The molecule has 7 heteroatoms. The van der Waals surface area contributed by atoms with Crippen molar-refractivity contribution < 1.29 is 12.8 Å². The van der Waals surface area contributed by atoms with Crippen LogP contribution in [0.3, 0.4) is 0 Å². The van der Waals surface area contributed by atoms with Gasteiger partial charge in [0, 0.05) is 10.5 Å². The molecule has 0 saturated heterocycles. The summed E-state index contributed by atoms with van der Waals surface area (Å²) in [6.45, 7) is 0. The van der Waals surface area contributed by atoms with E-state index in [0.29, 0.717) is 17.3 Å². The molecule has 1 aromatic heterocycles. The van der Waals surface area contributed by atoms with Crippen molar-refractivity contribution in [2.24, 2.45) is 0 Å². The summed E-state index contributed by atoms with van der Waals surface area (Å²) in [6, 6.07) is 27.5. The zero-order chi connectivity index (χ0) is 20.1. The molecule has 4 rings (SSSR count). The predicted octanol–water partition coefficient (Wildman–Crippen LogP) is 5.43. The van der Waals surface area contributed by atoms with Gasteiger partial charge in [-0.2, -0.15) is 0 Å². The predicted molar refractivity (Wildman–Crippen MR) is 115 cm³/mol. The SMILES string of the molecule is O=S(=O)(Nc1oc(CSc2ccccc2)nc1-c1ccccc1)c1ccccc1. The van der Waals surface area contributed by atoms with Crippen molar-refractivity contribution in [1.29, 1.82) is 0 Å². The lowest BCUT2D eigenvalue weighted by Crippen LogP contribution is -2.12. The van der Waals surface area contributed by atoms with Gasteiger partial charge in [0.15, 0.2) is 0 Å². The molecule has 4 aromatic rings. The highest BCUT2D eigenvalue weighted by molar-refractivity contribution is 7.98. The molecule has 0 aliphatic heterocycles. The van der Waals surface area contributed by atoms with Crippen LogP contribution in [-0.2, 0) is 15.8 Å². The number of nitrogens with zero attached hydrogens (tertiary/aromatic N) is 1. The average molecular weight is 423 g/mol. The smallest absolute Gasteiger partial charge is 0.264 e. The lowest BCUT2D eigenvalue weighted by atomic mass is 10.2. The fourth-order valence-electron chi connectivity index (χ4n) is 2.73. The lowest BCUT2D eigenvalue weighted by molar-refractivity contribution is 0.531. The number of nitrogens with one attached hydrogen (secondary N) is 1. The number of benzene rings is 3. The Bertz CT molecular complexity index is 1180. The van der Waals surface area contributed by atoms with Crippen LogP contribution >= 0.6 is 11.8 Å². The molecule has 3 aromatic carbocycles. The van der Waals surface area contributed by atoms with Crippen molar-refractivity contribution in [2.45, 2.75) is 15.5 Å². The van der Waals surface area contributed by atoms with Gasteiger partial charge in [0.05, 0.1) is 10.6 Å². The molecule has 0 atom stereocenters. The second-order valence-electron chi connectivity index (χ2n) is 6.17. The standard InChI is InChI=1S/C22H18N2O3S2/c25-29(26,19-14-8-3-9-15-19)24-22-21(17-10-4-1-5-11-17)23-20(27-22)16-28-18-12-6-2-7-13-18/h1-15,24H,16H2. The summed E-state index contributed by atoms with van der Waals surface area (Å²) < 4.78 is 33.9. The van der Waals surface area contributed by atoms with E-state index in [2.05, 4.69) is 9.71 Å². The van der Waals surface area contributed by atoms with Crippen molar-refractivity contribution in [3.05, 3.63) is 96.9 Å². The van der Waals surface area contributed by atoms with Gasteiger partial charge in [-0.1, -0.05) is 66.7 Å². The van der Waals surface area contributed by atoms with E-state index in [1.165, 1.54) is 12.1 Å². The molecule has 0 saturated carbocycles. The summed E-state index contributed by atoms with van der Waals surface area (Å²) in [4.78, 5) is 5.80. The van der Waals surface area contributed by atoms with E-state index in [1.54, 1.807) is 30.0 Å². The van der Waals surface area contributed by atoms with Gasteiger partial charge in [-0.25, -0.2) is 18.1 Å². The third-order valence-corrected chi connectivity index (χ3v) is 6.45. The maximum absolute atomic E-state index is 12.8. The highest BCUT2D eigenvalue weighted by atomic mass is 32.2. The van der Waals surface area contributed by atoms with E-state index in [-0.39, 0.29) is 10.8 Å². The van der Waals surface area contributed by atoms with Crippen LogP contribution in [0, 0.1) is 0 Å². The molecule has 0 aliphatic rings. The Labute approximate surface area is 173 Å². The minimum Gasteiger partial charge on any atom is -0.423 e. The summed E-state index contributed by atoms with van der Waals surface area (Å²) in [5, 5.41) is 0. The second-order valence-corrected chi connectivity index (χ2v) is 8.90. The van der Waals surface area contributed by atoms with Gasteiger partial charge in [0.2, 0.25) is 11.8 Å². The van der Waals surface area contributed by atoms with Crippen LogP contribution in [0.4, 0.5) is 5.88 Å². The summed E-state index contributed by atoms with van der Waals surface area (Å²) >= 11 is 1.57. The zero-order valence-electron chi connectivity index (χ0n) is 15.4. The Kier molecular flexibility index (Phi) is 5.69.